The predicted molar refractivity (Wildman–Crippen MR) is 107 cm³/mol. The summed E-state index contributed by atoms with van der Waals surface area (Å²) in [5, 5.41) is 17.1. The van der Waals surface area contributed by atoms with Crippen LogP contribution in [0.4, 0.5) is 0 Å². The Balaban J connectivity index is 1.63. The van der Waals surface area contributed by atoms with Gasteiger partial charge in [0, 0.05) is 19.6 Å². The van der Waals surface area contributed by atoms with Crippen molar-refractivity contribution in [3.05, 3.63) is 54.2 Å². The van der Waals surface area contributed by atoms with Crippen LogP contribution in [0, 0.1) is 6.92 Å². The number of nitrogens with one attached hydrogen (secondary N) is 2. The number of aliphatic hydroxyl groups is 1. The first-order chi connectivity index (χ1) is 13.0. The van der Waals surface area contributed by atoms with E-state index in [-0.39, 0.29) is 6.54 Å². The smallest absolute Gasteiger partial charge is 0.191 e. The van der Waals surface area contributed by atoms with Crippen molar-refractivity contribution < 1.29 is 9.52 Å². The van der Waals surface area contributed by atoms with Gasteiger partial charge in [-0.05, 0) is 45.0 Å². The molecule has 27 heavy (non-hydrogen) atoms. The molecule has 0 saturated carbocycles. The van der Waals surface area contributed by atoms with Crippen molar-refractivity contribution in [3.63, 3.8) is 0 Å². The van der Waals surface area contributed by atoms with Crippen molar-refractivity contribution >= 4 is 17.0 Å². The first kappa shape index (κ1) is 19.0. The fourth-order valence-electron chi connectivity index (χ4n) is 3.00. The van der Waals surface area contributed by atoms with Gasteiger partial charge in [-0.3, -0.25) is 0 Å². The Hall–Kier alpha value is -2.80. The van der Waals surface area contributed by atoms with Gasteiger partial charge < -0.3 is 24.7 Å². The third-order valence-corrected chi connectivity index (χ3v) is 4.41. The van der Waals surface area contributed by atoms with E-state index in [4.69, 9.17) is 4.42 Å². The van der Waals surface area contributed by atoms with Crippen LogP contribution in [0.5, 0.6) is 0 Å². The number of aliphatic imine (C=N–C) groups is 1. The number of hydrogen-bond donors (Lipinski definition) is 3. The molecular weight excluding hydrogens is 342 g/mol. The number of fused-ring (bicyclic) bond motifs is 1. The molecule has 2 heterocycles. The topological polar surface area (TPSA) is 87.6 Å². The number of para-hydroxylation sites is 2. The molecule has 0 fully saturated rings. The van der Waals surface area contributed by atoms with E-state index >= 15 is 0 Å². The number of benzene rings is 1. The van der Waals surface area contributed by atoms with Gasteiger partial charge in [-0.1, -0.05) is 12.1 Å². The summed E-state index contributed by atoms with van der Waals surface area (Å²) in [5.41, 5.74) is 0.979. The van der Waals surface area contributed by atoms with Gasteiger partial charge in [0.15, 0.2) is 5.96 Å². The Bertz CT molecular complexity index is 896. The standard InChI is InChI=1S/C20H27N5O2/c1-4-21-19(23-14-20(3,26)18-10-7-13-27-18)22-11-12-25-15(2)24-16-8-5-6-9-17(16)25/h5-10,13,26H,4,11-12,14H2,1-3H3,(H2,21,22,23). The Morgan fingerprint density at radius 3 is 2.81 bits per heavy atom. The van der Waals surface area contributed by atoms with Crippen LogP contribution in [-0.2, 0) is 12.1 Å². The maximum absolute atomic E-state index is 10.6. The van der Waals surface area contributed by atoms with Crippen molar-refractivity contribution in [1.29, 1.82) is 0 Å². The molecule has 0 aliphatic carbocycles. The number of aromatic nitrogens is 2. The first-order valence-electron chi connectivity index (χ1n) is 9.21. The van der Waals surface area contributed by atoms with E-state index in [0.29, 0.717) is 18.3 Å². The highest BCUT2D eigenvalue weighted by Gasteiger charge is 2.26. The Kier molecular flexibility index (Phi) is 5.81. The maximum atomic E-state index is 10.6. The molecule has 7 heteroatoms. The molecular formula is C20H27N5O2. The summed E-state index contributed by atoms with van der Waals surface area (Å²) in [7, 11) is 0. The highest BCUT2D eigenvalue weighted by atomic mass is 16.4. The summed E-state index contributed by atoms with van der Waals surface area (Å²) >= 11 is 0. The van der Waals surface area contributed by atoms with Crippen molar-refractivity contribution in [2.24, 2.45) is 4.99 Å². The Morgan fingerprint density at radius 2 is 2.07 bits per heavy atom. The number of guanidine groups is 1. The van der Waals surface area contributed by atoms with E-state index in [1.54, 1.807) is 25.3 Å². The second-order valence-corrected chi connectivity index (χ2v) is 6.67. The van der Waals surface area contributed by atoms with Gasteiger partial charge in [0.1, 0.15) is 17.2 Å². The predicted octanol–water partition coefficient (Wildman–Crippen LogP) is 2.40. The molecule has 3 rings (SSSR count). The zero-order chi connectivity index (χ0) is 19.3. The SMILES string of the molecule is CCNC(=NCC(C)(O)c1ccco1)NCCn1c(C)nc2ccccc21. The number of rotatable bonds is 7. The zero-order valence-corrected chi connectivity index (χ0v) is 16.1. The molecule has 0 radical (unpaired) electrons. The zero-order valence-electron chi connectivity index (χ0n) is 16.1. The lowest BCUT2D eigenvalue weighted by atomic mass is 10.0. The van der Waals surface area contributed by atoms with Crippen LogP contribution in [0.3, 0.4) is 0 Å². The molecule has 2 aromatic heterocycles. The van der Waals surface area contributed by atoms with Crippen LogP contribution < -0.4 is 10.6 Å². The second kappa shape index (κ2) is 8.26. The maximum Gasteiger partial charge on any atom is 0.191 e. The van der Waals surface area contributed by atoms with E-state index in [1.165, 1.54) is 0 Å². The molecule has 1 aromatic carbocycles. The molecule has 0 aliphatic heterocycles. The average Bonchev–Trinajstić information content (AvgIpc) is 3.29. The van der Waals surface area contributed by atoms with Crippen LogP contribution >= 0.6 is 0 Å². The summed E-state index contributed by atoms with van der Waals surface area (Å²) in [6.07, 6.45) is 1.55. The van der Waals surface area contributed by atoms with Gasteiger partial charge in [0.2, 0.25) is 0 Å². The van der Waals surface area contributed by atoms with Gasteiger partial charge in [0.05, 0.1) is 23.8 Å². The second-order valence-electron chi connectivity index (χ2n) is 6.67. The molecule has 0 aliphatic rings. The third kappa shape index (κ3) is 4.49. The lowest BCUT2D eigenvalue weighted by Crippen LogP contribution is -2.40. The Morgan fingerprint density at radius 1 is 1.26 bits per heavy atom. The Labute approximate surface area is 159 Å². The van der Waals surface area contributed by atoms with Gasteiger partial charge in [0.25, 0.3) is 0 Å². The fourth-order valence-corrected chi connectivity index (χ4v) is 3.00. The van der Waals surface area contributed by atoms with Crippen LogP contribution in [-0.4, -0.2) is 40.3 Å². The molecule has 3 N–H and O–H groups in total. The van der Waals surface area contributed by atoms with Gasteiger partial charge >= 0.3 is 0 Å². The minimum atomic E-state index is -1.15. The highest BCUT2D eigenvalue weighted by Crippen LogP contribution is 2.21. The lowest BCUT2D eigenvalue weighted by molar-refractivity contribution is 0.0437. The van der Waals surface area contributed by atoms with Crippen molar-refractivity contribution in [1.82, 2.24) is 20.2 Å². The fraction of sp³-hybridized carbons (Fsp3) is 0.400. The quantitative estimate of drug-likeness (QED) is 0.440. The molecule has 1 atom stereocenters. The van der Waals surface area contributed by atoms with Gasteiger partial charge in [-0.25, -0.2) is 9.98 Å². The number of aryl methyl sites for hydroxylation is 1. The van der Waals surface area contributed by atoms with Crippen molar-refractivity contribution in [2.75, 3.05) is 19.6 Å². The molecule has 7 nitrogen and oxygen atoms in total. The molecule has 0 spiro atoms. The third-order valence-electron chi connectivity index (χ3n) is 4.41. The van der Waals surface area contributed by atoms with Gasteiger partial charge in [-0.2, -0.15) is 0 Å². The van der Waals surface area contributed by atoms with Gasteiger partial charge in [-0.15, -0.1) is 0 Å². The summed E-state index contributed by atoms with van der Waals surface area (Å²) in [5.74, 6) is 2.15. The highest BCUT2D eigenvalue weighted by molar-refractivity contribution is 5.80. The number of hydrogen-bond acceptors (Lipinski definition) is 4. The molecule has 144 valence electrons. The van der Waals surface area contributed by atoms with E-state index < -0.39 is 5.60 Å². The molecule has 0 amide bonds. The largest absolute Gasteiger partial charge is 0.466 e. The monoisotopic (exact) mass is 369 g/mol. The molecule has 3 aromatic rings. The average molecular weight is 369 g/mol. The minimum Gasteiger partial charge on any atom is -0.466 e. The van der Waals surface area contributed by atoms with Crippen LogP contribution in [0.1, 0.15) is 25.4 Å². The van der Waals surface area contributed by atoms with Crippen LogP contribution in [0.15, 0.2) is 52.1 Å². The number of imidazole rings is 1. The molecule has 0 saturated heterocycles. The summed E-state index contributed by atoms with van der Waals surface area (Å²) in [6, 6.07) is 11.6. The minimum absolute atomic E-state index is 0.197. The summed E-state index contributed by atoms with van der Waals surface area (Å²) in [4.78, 5) is 9.09. The number of furan rings is 1. The molecule has 1 unspecified atom stereocenters. The van der Waals surface area contributed by atoms with Crippen LogP contribution in [0.2, 0.25) is 0 Å². The van der Waals surface area contributed by atoms with Crippen molar-refractivity contribution in [3.8, 4) is 0 Å². The van der Waals surface area contributed by atoms with E-state index in [2.05, 4.69) is 31.2 Å². The molecule has 0 bridgehead atoms. The lowest BCUT2D eigenvalue weighted by Gasteiger charge is -2.19. The first-order valence-corrected chi connectivity index (χ1v) is 9.21. The van der Waals surface area contributed by atoms with E-state index in [9.17, 15) is 5.11 Å². The van der Waals surface area contributed by atoms with E-state index in [1.807, 2.05) is 32.0 Å². The van der Waals surface area contributed by atoms with Crippen LogP contribution in [0.25, 0.3) is 11.0 Å². The summed E-state index contributed by atoms with van der Waals surface area (Å²) < 4.78 is 7.49. The summed E-state index contributed by atoms with van der Waals surface area (Å²) in [6.45, 7) is 8.11. The van der Waals surface area contributed by atoms with Crippen molar-refractivity contribution in [2.45, 2.75) is 32.9 Å². The van der Waals surface area contributed by atoms with E-state index in [0.717, 1.165) is 29.9 Å². The number of nitrogens with zero attached hydrogens (tertiary/aromatic N) is 3. The normalized spacial score (nSPS) is 14.3.